The minimum Gasteiger partial charge on any atom is -0.392 e. The Bertz CT molecular complexity index is 274. The number of aliphatic hydroxyl groups excluding tert-OH is 1. The van der Waals surface area contributed by atoms with Crippen molar-refractivity contribution in [1.82, 2.24) is 0 Å². The zero-order chi connectivity index (χ0) is 8.97. The van der Waals surface area contributed by atoms with Gasteiger partial charge in [-0.1, -0.05) is 18.2 Å². The van der Waals surface area contributed by atoms with Crippen molar-refractivity contribution in [2.45, 2.75) is 6.92 Å². The van der Waals surface area contributed by atoms with E-state index in [0.29, 0.717) is 0 Å². The minimum atomic E-state index is -0.242. The molecule has 0 saturated heterocycles. The molecule has 0 spiro atoms. The normalized spacial score (nSPS) is 11.8. The lowest BCUT2D eigenvalue weighted by Crippen LogP contribution is -1.83. The maximum absolute atomic E-state index is 12.4. The molecule has 0 heterocycles. The summed E-state index contributed by atoms with van der Waals surface area (Å²) in [5, 5.41) is 8.71. The van der Waals surface area contributed by atoms with E-state index in [9.17, 15) is 4.39 Å². The number of hydrogen-bond acceptors (Lipinski definition) is 1. The molecule has 0 aliphatic heterocycles. The first kappa shape index (κ1) is 8.94. The summed E-state index contributed by atoms with van der Waals surface area (Å²) in [7, 11) is 0. The van der Waals surface area contributed by atoms with Crippen LogP contribution in [0.2, 0.25) is 0 Å². The average Bonchev–Trinajstić information content (AvgIpc) is 2.09. The van der Waals surface area contributed by atoms with Crippen LogP contribution in [0.5, 0.6) is 0 Å². The van der Waals surface area contributed by atoms with Crippen molar-refractivity contribution in [1.29, 1.82) is 0 Å². The molecule has 64 valence electrons. The largest absolute Gasteiger partial charge is 0.392 e. The van der Waals surface area contributed by atoms with Gasteiger partial charge in [-0.05, 0) is 30.2 Å². The molecule has 0 bridgehead atoms. The highest BCUT2D eigenvalue weighted by Crippen LogP contribution is 2.07. The van der Waals surface area contributed by atoms with E-state index in [1.54, 1.807) is 12.1 Å². The van der Waals surface area contributed by atoms with Crippen LogP contribution in [0.25, 0.3) is 6.08 Å². The van der Waals surface area contributed by atoms with Gasteiger partial charge in [0.15, 0.2) is 0 Å². The maximum Gasteiger partial charge on any atom is 0.123 e. The van der Waals surface area contributed by atoms with Crippen LogP contribution in [0.3, 0.4) is 0 Å². The van der Waals surface area contributed by atoms with Crippen LogP contribution in [-0.4, -0.2) is 11.7 Å². The zero-order valence-electron chi connectivity index (χ0n) is 6.92. The van der Waals surface area contributed by atoms with Crippen LogP contribution < -0.4 is 0 Å². The molecule has 0 aliphatic rings. The number of hydrogen-bond donors (Lipinski definition) is 1. The van der Waals surface area contributed by atoms with Crippen molar-refractivity contribution in [3.8, 4) is 0 Å². The molecule has 12 heavy (non-hydrogen) atoms. The SMILES string of the molecule is C/C(=C/c1ccc(F)cc1)CO. The molecule has 0 aliphatic carbocycles. The van der Waals surface area contributed by atoms with Gasteiger partial charge in [0.05, 0.1) is 6.61 Å². The van der Waals surface area contributed by atoms with E-state index in [2.05, 4.69) is 0 Å². The lowest BCUT2D eigenvalue weighted by molar-refractivity contribution is 0.332. The maximum atomic E-state index is 12.4. The number of rotatable bonds is 2. The first-order valence-corrected chi connectivity index (χ1v) is 3.76. The van der Waals surface area contributed by atoms with Gasteiger partial charge in [0.1, 0.15) is 5.82 Å². The lowest BCUT2D eigenvalue weighted by atomic mass is 10.1. The highest BCUT2D eigenvalue weighted by atomic mass is 19.1. The summed E-state index contributed by atoms with van der Waals surface area (Å²) in [6, 6.07) is 6.15. The van der Waals surface area contributed by atoms with E-state index < -0.39 is 0 Å². The molecule has 1 rings (SSSR count). The Morgan fingerprint density at radius 3 is 2.50 bits per heavy atom. The van der Waals surface area contributed by atoms with E-state index >= 15 is 0 Å². The van der Waals surface area contributed by atoms with Crippen LogP contribution >= 0.6 is 0 Å². The van der Waals surface area contributed by atoms with Gasteiger partial charge in [-0.25, -0.2) is 4.39 Å². The molecule has 0 atom stereocenters. The highest BCUT2D eigenvalue weighted by molar-refractivity contribution is 5.52. The molecule has 1 nitrogen and oxygen atoms in total. The Morgan fingerprint density at radius 1 is 1.42 bits per heavy atom. The fourth-order valence-corrected chi connectivity index (χ4v) is 0.889. The smallest absolute Gasteiger partial charge is 0.123 e. The molecule has 1 aromatic rings. The molecular formula is C10H11FO. The predicted octanol–water partition coefficient (Wildman–Crippen LogP) is 2.22. The Kier molecular flexibility index (Phi) is 3.00. The third-order valence-corrected chi connectivity index (χ3v) is 1.53. The molecule has 0 amide bonds. The first-order valence-electron chi connectivity index (χ1n) is 3.76. The van der Waals surface area contributed by atoms with Gasteiger partial charge in [0, 0.05) is 0 Å². The van der Waals surface area contributed by atoms with E-state index in [-0.39, 0.29) is 12.4 Å². The molecule has 0 unspecified atom stereocenters. The van der Waals surface area contributed by atoms with Crippen molar-refractivity contribution >= 4 is 6.08 Å². The lowest BCUT2D eigenvalue weighted by Gasteiger charge is -1.95. The molecule has 0 aromatic heterocycles. The second-order valence-electron chi connectivity index (χ2n) is 2.70. The molecule has 0 fully saturated rings. The fourth-order valence-electron chi connectivity index (χ4n) is 0.889. The summed E-state index contributed by atoms with van der Waals surface area (Å²) in [5.41, 5.74) is 1.77. The molecule has 1 N–H and O–H groups in total. The van der Waals surface area contributed by atoms with E-state index in [1.807, 2.05) is 13.0 Å². The van der Waals surface area contributed by atoms with Crippen LogP contribution in [0.4, 0.5) is 4.39 Å². The molecule has 0 saturated carbocycles. The van der Waals surface area contributed by atoms with Crippen molar-refractivity contribution in [2.24, 2.45) is 0 Å². The van der Waals surface area contributed by atoms with Gasteiger partial charge in [-0.15, -0.1) is 0 Å². The Balaban J connectivity index is 2.84. The predicted molar refractivity (Wildman–Crippen MR) is 47.1 cm³/mol. The molecular weight excluding hydrogens is 155 g/mol. The monoisotopic (exact) mass is 166 g/mol. The van der Waals surface area contributed by atoms with Gasteiger partial charge < -0.3 is 5.11 Å². The second-order valence-corrected chi connectivity index (χ2v) is 2.70. The summed E-state index contributed by atoms with van der Waals surface area (Å²) in [4.78, 5) is 0. The van der Waals surface area contributed by atoms with Gasteiger partial charge in [-0.2, -0.15) is 0 Å². The summed E-state index contributed by atoms with van der Waals surface area (Å²) >= 11 is 0. The third-order valence-electron chi connectivity index (χ3n) is 1.53. The Labute approximate surface area is 71.2 Å². The van der Waals surface area contributed by atoms with Crippen molar-refractivity contribution in [3.63, 3.8) is 0 Å². The average molecular weight is 166 g/mol. The molecule has 1 aromatic carbocycles. The van der Waals surface area contributed by atoms with E-state index in [0.717, 1.165) is 11.1 Å². The minimum absolute atomic E-state index is 0.0391. The topological polar surface area (TPSA) is 20.2 Å². The van der Waals surface area contributed by atoms with Gasteiger partial charge in [-0.3, -0.25) is 0 Å². The van der Waals surface area contributed by atoms with Crippen molar-refractivity contribution in [2.75, 3.05) is 6.61 Å². The van der Waals surface area contributed by atoms with E-state index in [1.165, 1.54) is 12.1 Å². The van der Waals surface area contributed by atoms with Crippen molar-refractivity contribution in [3.05, 3.63) is 41.2 Å². The summed E-state index contributed by atoms with van der Waals surface area (Å²) < 4.78 is 12.4. The van der Waals surface area contributed by atoms with Crippen molar-refractivity contribution < 1.29 is 9.50 Å². The number of halogens is 1. The highest BCUT2D eigenvalue weighted by Gasteiger charge is 1.90. The second kappa shape index (κ2) is 4.02. The molecule has 2 heteroatoms. The zero-order valence-corrected chi connectivity index (χ0v) is 6.92. The summed E-state index contributed by atoms with van der Waals surface area (Å²) in [6.07, 6.45) is 1.82. The van der Waals surface area contributed by atoms with Crippen LogP contribution in [-0.2, 0) is 0 Å². The quantitative estimate of drug-likeness (QED) is 0.714. The Hall–Kier alpha value is -1.15. The standard InChI is InChI=1S/C10H11FO/c1-8(7-12)6-9-2-4-10(11)5-3-9/h2-6,12H,7H2,1H3/b8-6-. The van der Waals surface area contributed by atoms with Crippen LogP contribution in [0.1, 0.15) is 12.5 Å². The first-order chi connectivity index (χ1) is 5.72. The fraction of sp³-hybridized carbons (Fsp3) is 0.200. The van der Waals surface area contributed by atoms with Gasteiger partial charge in [0.25, 0.3) is 0 Å². The van der Waals surface area contributed by atoms with E-state index in [4.69, 9.17) is 5.11 Å². The third kappa shape index (κ3) is 2.47. The summed E-state index contributed by atoms with van der Waals surface area (Å²) in [6.45, 7) is 1.86. The number of aliphatic hydroxyl groups is 1. The van der Waals surface area contributed by atoms with Gasteiger partial charge >= 0.3 is 0 Å². The van der Waals surface area contributed by atoms with Gasteiger partial charge in [0.2, 0.25) is 0 Å². The number of benzene rings is 1. The Morgan fingerprint density at radius 2 is 2.00 bits per heavy atom. The van der Waals surface area contributed by atoms with Crippen LogP contribution in [0, 0.1) is 5.82 Å². The van der Waals surface area contributed by atoms with Crippen LogP contribution in [0.15, 0.2) is 29.8 Å². The summed E-state index contributed by atoms with van der Waals surface area (Å²) in [5.74, 6) is -0.242. The molecule has 0 radical (unpaired) electrons.